The van der Waals surface area contributed by atoms with Crippen LogP contribution in [-0.2, 0) is 4.79 Å². The van der Waals surface area contributed by atoms with E-state index in [1.165, 1.54) is 17.6 Å². The van der Waals surface area contributed by atoms with Crippen LogP contribution < -0.4 is 0 Å². The minimum absolute atomic E-state index is 0.704. The number of hydrogen-bond acceptors (Lipinski definition) is 3. The van der Waals surface area contributed by atoms with E-state index in [-0.39, 0.29) is 0 Å². The average molecular weight is 169 g/mol. The molecule has 0 unspecified atom stereocenters. The maximum atomic E-state index is 10.1. The molecular formula is C7H7NO2S. The van der Waals surface area contributed by atoms with Gasteiger partial charge in [0.2, 0.25) is 0 Å². The van der Waals surface area contributed by atoms with Crippen molar-refractivity contribution >= 4 is 23.6 Å². The number of rotatable bonds is 2. The van der Waals surface area contributed by atoms with Gasteiger partial charge in [0.1, 0.15) is 0 Å². The van der Waals surface area contributed by atoms with Gasteiger partial charge in [-0.25, -0.2) is 4.79 Å². The fourth-order valence-electron chi connectivity index (χ4n) is 0.621. The third-order valence-electron chi connectivity index (χ3n) is 1.04. The van der Waals surface area contributed by atoms with Gasteiger partial charge < -0.3 is 5.11 Å². The van der Waals surface area contributed by atoms with Crippen LogP contribution >= 0.6 is 11.5 Å². The maximum absolute atomic E-state index is 10.1. The molecule has 1 aromatic rings. The van der Waals surface area contributed by atoms with E-state index in [2.05, 4.69) is 4.37 Å². The molecule has 0 aliphatic rings. The van der Waals surface area contributed by atoms with Crippen LogP contribution in [0.3, 0.4) is 0 Å². The quantitative estimate of drug-likeness (QED) is 0.683. The van der Waals surface area contributed by atoms with Crippen LogP contribution in [0, 0.1) is 6.92 Å². The molecule has 58 valence electrons. The highest BCUT2D eigenvalue weighted by molar-refractivity contribution is 7.05. The number of carboxylic acids is 1. The smallest absolute Gasteiger partial charge is 0.328 e. The molecule has 0 spiro atoms. The first-order valence-corrected chi connectivity index (χ1v) is 3.80. The van der Waals surface area contributed by atoms with Crippen LogP contribution in [0.5, 0.6) is 0 Å². The number of hydrogen-bond donors (Lipinski definition) is 1. The van der Waals surface area contributed by atoms with Gasteiger partial charge in [-0.15, -0.1) is 0 Å². The lowest BCUT2D eigenvalue weighted by atomic mass is 10.3. The molecule has 0 atom stereocenters. The van der Waals surface area contributed by atoms with Gasteiger partial charge >= 0.3 is 5.97 Å². The lowest BCUT2D eigenvalue weighted by Gasteiger charge is -1.78. The molecule has 0 radical (unpaired) electrons. The van der Waals surface area contributed by atoms with Gasteiger partial charge in [0.25, 0.3) is 0 Å². The number of nitrogens with zero attached hydrogens (tertiary/aromatic N) is 1. The molecule has 4 heteroatoms. The predicted molar refractivity (Wildman–Crippen MR) is 43.5 cm³/mol. The Balaban J connectivity index is 2.71. The average Bonchev–Trinajstić information content (AvgIpc) is 2.31. The van der Waals surface area contributed by atoms with E-state index in [0.717, 1.165) is 11.0 Å². The predicted octanol–water partition coefficient (Wildman–Crippen LogP) is 1.55. The summed E-state index contributed by atoms with van der Waals surface area (Å²) in [6.45, 7) is 1.93. The zero-order valence-electron chi connectivity index (χ0n) is 5.94. The van der Waals surface area contributed by atoms with E-state index >= 15 is 0 Å². The summed E-state index contributed by atoms with van der Waals surface area (Å²) in [5.74, 6) is -0.948. The molecule has 0 saturated heterocycles. The Labute approximate surface area is 68.2 Å². The Kier molecular flexibility index (Phi) is 2.38. The molecule has 3 nitrogen and oxygen atoms in total. The van der Waals surface area contributed by atoms with E-state index in [0.29, 0.717) is 5.69 Å². The first-order valence-electron chi connectivity index (χ1n) is 3.03. The summed E-state index contributed by atoms with van der Waals surface area (Å²) in [5, 5.41) is 8.27. The second-order valence-electron chi connectivity index (χ2n) is 2.03. The molecule has 0 aliphatic carbocycles. The second-order valence-corrected chi connectivity index (χ2v) is 3.04. The zero-order valence-corrected chi connectivity index (χ0v) is 6.76. The van der Waals surface area contributed by atoms with Crippen molar-refractivity contribution < 1.29 is 9.90 Å². The van der Waals surface area contributed by atoms with Crippen LogP contribution in [0.25, 0.3) is 6.08 Å². The van der Waals surface area contributed by atoms with Gasteiger partial charge in [-0.2, -0.15) is 4.37 Å². The van der Waals surface area contributed by atoms with Gasteiger partial charge in [0.05, 0.1) is 5.69 Å². The molecule has 1 N–H and O–H groups in total. The van der Waals surface area contributed by atoms with Crippen molar-refractivity contribution in [1.29, 1.82) is 0 Å². The number of carboxylic acid groups (broad SMARTS) is 1. The molecule has 0 saturated carbocycles. The van der Waals surface area contributed by atoms with Gasteiger partial charge in [0.15, 0.2) is 0 Å². The molecular weight excluding hydrogens is 162 g/mol. The lowest BCUT2D eigenvalue weighted by Crippen LogP contribution is -1.85. The SMILES string of the molecule is Cc1cc(/C=C/C(=O)O)ns1. The monoisotopic (exact) mass is 169 g/mol. The van der Waals surface area contributed by atoms with E-state index in [1.807, 2.05) is 13.0 Å². The van der Waals surface area contributed by atoms with Crippen molar-refractivity contribution in [2.75, 3.05) is 0 Å². The highest BCUT2D eigenvalue weighted by atomic mass is 32.1. The Morgan fingerprint density at radius 2 is 2.55 bits per heavy atom. The van der Waals surface area contributed by atoms with Gasteiger partial charge in [-0.05, 0) is 30.6 Å². The largest absolute Gasteiger partial charge is 0.478 e. The topological polar surface area (TPSA) is 50.2 Å². The van der Waals surface area contributed by atoms with Crippen molar-refractivity contribution in [2.45, 2.75) is 6.92 Å². The number of aliphatic carboxylic acids is 1. The van der Waals surface area contributed by atoms with E-state index in [4.69, 9.17) is 5.11 Å². The van der Waals surface area contributed by atoms with Crippen LogP contribution in [0.1, 0.15) is 10.6 Å². The zero-order chi connectivity index (χ0) is 8.27. The molecule has 1 heterocycles. The van der Waals surface area contributed by atoms with Crippen molar-refractivity contribution in [3.05, 3.63) is 22.7 Å². The molecule has 0 aromatic carbocycles. The number of aromatic nitrogens is 1. The van der Waals surface area contributed by atoms with Crippen LogP contribution in [-0.4, -0.2) is 15.4 Å². The summed E-state index contributed by atoms with van der Waals surface area (Å²) < 4.78 is 3.98. The molecule has 0 fully saturated rings. The molecule has 1 aromatic heterocycles. The Hall–Kier alpha value is -1.16. The highest BCUT2D eigenvalue weighted by Gasteiger charge is 1.93. The van der Waals surface area contributed by atoms with Crippen LogP contribution in [0.2, 0.25) is 0 Å². The normalized spacial score (nSPS) is 10.6. The number of carbonyl (C=O) groups is 1. The lowest BCUT2D eigenvalue weighted by molar-refractivity contribution is -0.131. The third-order valence-corrected chi connectivity index (χ3v) is 1.75. The van der Waals surface area contributed by atoms with E-state index in [1.54, 1.807) is 0 Å². The summed E-state index contributed by atoms with van der Waals surface area (Å²) in [5.41, 5.74) is 0.704. The first-order chi connectivity index (χ1) is 5.18. The highest BCUT2D eigenvalue weighted by Crippen LogP contribution is 2.08. The summed E-state index contributed by atoms with van der Waals surface area (Å²) in [7, 11) is 0. The fraction of sp³-hybridized carbons (Fsp3) is 0.143. The summed E-state index contributed by atoms with van der Waals surface area (Å²) in [6, 6.07) is 1.84. The van der Waals surface area contributed by atoms with Crippen molar-refractivity contribution in [2.24, 2.45) is 0 Å². The Morgan fingerprint density at radius 1 is 1.82 bits per heavy atom. The minimum atomic E-state index is -0.948. The standard InChI is InChI=1S/C7H7NO2S/c1-5-4-6(8-11-5)2-3-7(9)10/h2-4H,1H3,(H,9,10)/b3-2+. The molecule has 0 bridgehead atoms. The second kappa shape index (κ2) is 3.30. The van der Waals surface area contributed by atoms with E-state index in [9.17, 15) is 4.79 Å². The number of aryl methyl sites for hydroxylation is 1. The van der Waals surface area contributed by atoms with Crippen molar-refractivity contribution in [3.8, 4) is 0 Å². The van der Waals surface area contributed by atoms with Gasteiger partial charge in [0, 0.05) is 11.0 Å². The molecule has 11 heavy (non-hydrogen) atoms. The van der Waals surface area contributed by atoms with E-state index < -0.39 is 5.97 Å². The summed E-state index contributed by atoms with van der Waals surface area (Å²) in [4.78, 5) is 11.1. The van der Waals surface area contributed by atoms with Crippen LogP contribution in [0.15, 0.2) is 12.1 Å². The molecule has 0 amide bonds. The van der Waals surface area contributed by atoms with Crippen LogP contribution in [0.4, 0.5) is 0 Å². The fourth-order valence-corrected chi connectivity index (χ4v) is 1.16. The first kappa shape index (κ1) is 7.94. The summed E-state index contributed by atoms with van der Waals surface area (Å²) >= 11 is 1.36. The van der Waals surface area contributed by atoms with Crippen molar-refractivity contribution in [1.82, 2.24) is 4.37 Å². The minimum Gasteiger partial charge on any atom is -0.478 e. The maximum Gasteiger partial charge on any atom is 0.328 e. The Morgan fingerprint density at radius 3 is 3.00 bits per heavy atom. The molecule has 1 rings (SSSR count). The third kappa shape index (κ3) is 2.51. The summed E-state index contributed by atoms with van der Waals surface area (Å²) in [6.07, 6.45) is 2.56. The van der Waals surface area contributed by atoms with Gasteiger partial charge in [-0.1, -0.05) is 0 Å². The van der Waals surface area contributed by atoms with Gasteiger partial charge in [-0.3, -0.25) is 0 Å². The Bertz CT molecular complexity index is 290. The molecule has 0 aliphatic heterocycles. The van der Waals surface area contributed by atoms with Crippen molar-refractivity contribution in [3.63, 3.8) is 0 Å².